The number of hydrogen-bond donors (Lipinski definition) is 1. The van der Waals surface area contributed by atoms with Crippen LogP contribution in [-0.2, 0) is 9.53 Å². The molecule has 0 radical (unpaired) electrons. The molecule has 4 heteroatoms. The van der Waals surface area contributed by atoms with Crippen molar-refractivity contribution in [1.29, 1.82) is 0 Å². The second-order valence-corrected chi connectivity index (χ2v) is 6.44. The summed E-state index contributed by atoms with van der Waals surface area (Å²) in [5, 5.41) is 0. The van der Waals surface area contributed by atoms with Crippen molar-refractivity contribution >= 4 is 17.3 Å². The van der Waals surface area contributed by atoms with Crippen molar-refractivity contribution in [3.05, 3.63) is 24.3 Å². The third-order valence-electron chi connectivity index (χ3n) is 5.06. The number of piperidine rings is 1. The highest BCUT2D eigenvalue weighted by molar-refractivity contribution is 5.73. The fourth-order valence-electron chi connectivity index (χ4n) is 3.75. The standard InChI is InChI=1S/C17H24N2O2/c1-2-21-16(20)13-11-17(12-13)7-9-19(10-8-17)15-5-3-14(18)4-6-15/h3-6,13H,2,7-12,18H2,1H3. The maximum atomic E-state index is 11.7. The Balaban J connectivity index is 1.52. The van der Waals surface area contributed by atoms with Crippen LogP contribution in [0.2, 0.25) is 0 Å². The average Bonchev–Trinajstić information content (AvgIpc) is 2.46. The predicted molar refractivity (Wildman–Crippen MR) is 84.1 cm³/mol. The van der Waals surface area contributed by atoms with Gasteiger partial charge >= 0.3 is 5.97 Å². The molecule has 2 aliphatic rings. The SMILES string of the molecule is CCOC(=O)C1CC2(CCN(c3ccc(N)cc3)CC2)C1. The topological polar surface area (TPSA) is 55.6 Å². The van der Waals surface area contributed by atoms with Gasteiger partial charge in [-0.15, -0.1) is 0 Å². The Morgan fingerprint density at radius 3 is 2.48 bits per heavy atom. The molecule has 1 aromatic rings. The highest BCUT2D eigenvalue weighted by Crippen LogP contribution is 2.53. The number of nitrogens with zero attached hydrogens (tertiary/aromatic N) is 1. The Morgan fingerprint density at radius 2 is 1.90 bits per heavy atom. The van der Waals surface area contributed by atoms with Crippen LogP contribution in [0.5, 0.6) is 0 Å². The largest absolute Gasteiger partial charge is 0.466 e. The molecule has 0 amide bonds. The summed E-state index contributed by atoms with van der Waals surface area (Å²) in [7, 11) is 0. The van der Waals surface area contributed by atoms with E-state index in [1.54, 1.807) is 0 Å². The van der Waals surface area contributed by atoms with Crippen LogP contribution < -0.4 is 10.6 Å². The van der Waals surface area contributed by atoms with Crippen LogP contribution >= 0.6 is 0 Å². The number of ether oxygens (including phenoxy) is 1. The Bertz CT molecular complexity index is 496. The monoisotopic (exact) mass is 288 g/mol. The molecule has 2 N–H and O–H groups in total. The van der Waals surface area contributed by atoms with Crippen molar-refractivity contribution in [2.75, 3.05) is 30.3 Å². The van der Waals surface area contributed by atoms with Gasteiger partial charge in [-0.2, -0.15) is 0 Å². The third-order valence-corrected chi connectivity index (χ3v) is 5.06. The van der Waals surface area contributed by atoms with Crippen molar-refractivity contribution in [3.8, 4) is 0 Å². The van der Waals surface area contributed by atoms with E-state index < -0.39 is 0 Å². The lowest BCUT2D eigenvalue weighted by Gasteiger charge is -2.51. The Kier molecular flexibility index (Phi) is 3.79. The number of carbonyl (C=O) groups is 1. The van der Waals surface area contributed by atoms with Gasteiger partial charge in [0.25, 0.3) is 0 Å². The molecular weight excluding hydrogens is 264 g/mol. The van der Waals surface area contributed by atoms with Crippen LogP contribution in [0.1, 0.15) is 32.6 Å². The fraction of sp³-hybridized carbons (Fsp3) is 0.588. The minimum Gasteiger partial charge on any atom is -0.466 e. The first-order chi connectivity index (χ1) is 10.1. The average molecular weight is 288 g/mol. The van der Waals surface area contributed by atoms with E-state index in [9.17, 15) is 4.79 Å². The number of esters is 1. The molecule has 1 spiro atoms. The minimum atomic E-state index is 0.00379. The molecule has 1 saturated carbocycles. The Labute approximate surface area is 126 Å². The van der Waals surface area contributed by atoms with Crippen molar-refractivity contribution in [3.63, 3.8) is 0 Å². The second kappa shape index (κ2) is 5.58. The summed E-state index contributed by atoms with van der Waals surface area (Å²) in [4.78, 5) is 14.1. The van der Waals surface area contributed by atoms with Crippen molar-refractivity contribution in [1.82, 2.24) is 0 Å². The lowest BCUT2D eigenvalue weighted by atomic mass is 9.57. The number of hydrogen-bond acceptors (Lipinski definition) is 4. The van der Waals surface area contributed by atoms with Gasteiger partial charge in [0.15, 0.2) is 0 Å². The number of benzene rings is 1. The molecule has 4 nitrogen and oxygen atoms in total. The number of anilines is 2. The van der Waals surface area contributed by atoms with E-state index in [1.807, 2.05) is 19.1 Å². The number of nitrogens with two attached hydrogens (primary N) is 1. The second-order valence-electron chi connectivity index (χ2n) is 6.44. The summed E-state index contributed by atoms with van der Waals surface area (Å²) in [6.07, 6.45) is 4.38. The van der Waals surface area contributed by atoms with Gasteiger partial charge in [0.05, 0.1) is 12.5 Å². The summed E-state index contributed by atoms with van der Waals surface area (Å²) in [6, 6.07) is 8.10. The van der Waals surface area contributed by atoms with Crippen LogP contribution in [-0.4, -0.2) is 25.7 Å². The molecule has 3 rings (SSSR count). The van der Waals surface area contributed by atoms with Gasteiger partial charge in [-0.1, -0.05) is 0 Å². The first-order valence-electron chi connectivity index (χ1n) is 7.89. The lowest BCUT2D eigenvalue weighted by Crippen LogP contribution is -2.49. The van der Waals surface area contributed by atoms with Crippen molar-refractivity contribution in [2.24, 2.45) is 11.3 Å². The first kappa shape index (κ1) is 14.2. The van der Waals surface area contributed by atoms with E-state index in [0.29, 0.717) is 12.0 Å². The highest BCUT2D eigenvalue weighted by Gasteiger charge is 2.49. The van der Waals surface area contributed by atoms with Gasteiger partial charge < -0.3 is 15.4 Å². The molecule has 0 atom stereocenters. The molecule has 0 aromatic heterocycles. The summed E-state index contributed by atoms with van der Waals surface area (Å²) in [5.74, 6) is 0.150. The van der Waals surface area contributed by atoms with Gasteiger partial charge in [-0.05, 0) is 62.3 Å². The summed E-state index contributed by atoms with van der Waals surface area (Å²) < 4.78 is 5.12. The van der Waals surface area contributed by atoms with Crippen LogP contribution in [0.15, 0.2) is 24.3 Å². The van der Waals surface area contributed by atoms with E-state index in [2.05, 4.69) is 17.0 Å². The molecule has 0 bridgehead atoms. The maximum absolute atomic E-state index is 11.7. The van der Waals surface area contributed by atoms with Gasteiger partial charge in [-0.25, -0.2) is 0 Å². The smallest absolute Gasteiger partial charge is 0.308 e. The fourth-order valence-corrected chi connectivity index (χ4v) is 3.75. The van der Waals surface area contributed by atoms with Gasteiger partial charge in [0.2, 0.25) is 0 Å². The van der Waals surface area contributed by atoms with Crippen LogP contribution in [0.4, 0.5) is 11.4 Å². The number of nitrogen functional groups attached to an aromatic ring is 1. The minimum absolute atomic E-state index is 0.00379. The normalized spacial score (nSPS) is 21.1. The molecular formula is C17H24N2O2. The van der Waals surface area contributed by atoms with E-state index in [1.165, 1.54) is 18.5 Å². The number of rotatable bonds is 3. The van der Waals surface area contributed by atoms with Gasteiger partial charge in [0.1, 0.15) is 0 Å². The van der Waals surface area contributed by atoms with Crippen LogP contribution in [0, 0.1) is 11.3 Å². The van der Waals surface area contributed by atoms with Gasteiger partial charge in [0, 0.05) is 24.5 Å². The van der Waals surface area contributed by atoms with E-state index in [4.69, 9.17) is 10.5 Å². The molecule has 0 unspecified atom stereocenters. The highest BCUT2D eigenvalue weighted by atomic mass is 16.5. The zero-order chi connectivity index (χ0) is 14.9. The quantitative estimate of drug-likeness (QED) is 0.686. The maximum Gasteiger partial charge on any atom is 0.308 e. The number of carbonyl (C=O) groups excluding carboxylic acids is 1. The zero-order valence-electron chi connectivity index (χ0n) is 12.7. The third kappa shape index (κ3) is 2.85. The van der Waals surface area contributed by atoms with E-state index in [0.717, 1.165) is 31.6 Å². The summed E-state index contributed by atoms with van der Waals surface area (Å²) in [5.41, 5.74) is 8.19. The molecule has 1 heterocycles. The molecule has 1 aliphatic heterocycles. The predicted octanol–water partition coefficient (Wildman–Crippen LogP) is 2.83. The molecule has 1 aromatic carbocycles. The van der Waals surface area contributed by atoms with E-state index >= 15 is 0 Å². The Morgan fingerprint density at radius 1 is 1.29 bits per heavy atom. The first-order valence-corrected chi connectivity index (χ1v) is 7.89. The lowest BCUT2D eigenvalue weighted by molar-refractivity contribution is -0.157. The molecule has 2 fully saturated rings. The van der Waals surface area contributed by atoms with Crippen LogP contribution in [0.3, 0.4) is 0 Å². The summed E-state index contributed by atoms with van der Waals surface area (Å²) in [6.45, 7) is 4.50. The van der Waals surface area contributed by atoms with Gasteiger partial charge in [-0.3, -0.25) is 4.79 Å². The zero-order valence-corrected chi connectivity index (χ0v) is 12.7. The van der Waals surface area contributed by atoms with Crippen molar-refractivity contribution < 1.29 is 9.53 Å². The molecule has 114 valence electrons. The Hall–Kier alpha value is -1.71. The molecule has 21 heavy (non-hydrogen) atoms. The van der Waals surface area contributed by atoms with E-state index in [-0.39, 0.29) is 11.9 Å². The molecule has 1 aliphatic carbocycles. The van der Waals surface area contributed by atoms with Crippen molar-refractivity contribution in [2.45, 2.75) is 32.6 Å². The van der Waals surface area contributed by atoms with Crippen LogP contribution in [0.25, 0.3) is 0 Å². The summed E-state index contributed by atoms with van der Waals surface area (Å²) >= 11 is 0. The molecule has 1 saturated heterocycles.